The number of nitriles is 1. The fraction of sp³-hybridized carbons (Fsp3) is 0.167. The van der Waals surface area contributed by atoms with Crippen molar-refractivity contribution < 1.29 is 9.53 Å². The molecule has 1 aromatic heterocycles. The molecule has 0 spiro atoms. The summed E-state index contributed by atoms with van der Waals surface area (Å²) in [5, 5.41) is 9.60. The number of aromatic nitrogens is 1. The minimum atomic E-state index is -0.331. The van der Waals surface area contributed by atoms with Crippen molar-refractivity contribution in [3.8, 4) is 11.8 Å². The van der Waals surface area contributed by atoms with Crippen LogP contribution in [0.15, 0.2) is 60.7 Å². The average molecular weight is 370 g/mol. The van der Waals surface area contributed by atoms with Crippen molar-refractivity contribution in [2.45, 2.75) is 20.8 Å². The van der Waals surface area contributed by atoms with Gasteiger partial charge in [0.05, 0.1) is 23.8 Å². The monoisotopic (exact) mass is 370 g/mol. The lowest BCUT2D eigenvalue weighted by molar-refractivity contribution is 0.0526. The fourth-order valence-electron chi connectivity index (χ4n) is 3.27. The highest BCUT2D eigenvalue weighted by Gasteiger charge is 2.13. The highest BCUT2D eigenvalue weighted by molar-refractivity contribution is 5.91. The van der Waals surface area contributed by atoms with Crippen molar-refractivity contribution >= 4 is 17.6 Å². The van der Waals surface area contributed by atoms with Crippen molar-refractivity contribution in [2.24, 2.45) is 0 Å². The second-order valence-electron chi connectivity index (χ2n) is 6.47. The van der Waals surface area contributed by atoms with Crippen LogP contribution in [0, 0.1) is 25.2 Å². The van der Waals surface area contributed by atoms with Crippen LogP contribution in [-0.4, -0.2) is 17.1 Å². The largest absolute Gasteiger partial charge is 0.462 e. The molecule has 0 N–H and O–H groups in total. The maximum absolute atomic E-state index is 12.1. The first kappa shape index (κ1) is 19.2. The van der Waals surface area contributed by atoms with Gasteiger partial charge in [-0.1, -0.05) is 36.4 Å². The fourth-order valence-corrected chi connectivity index (χ4v) is 3.27. The molecular formula is C24H22N2O2. The number of nitrogens with zero attached hydrogens (tertiary/aromatic N) is 2. The Labute approximate surface area is 165 Å². The van der Waals surface area contributed by atoms with Crippen LogP contribution in [0.3, 0.4) is 0 Å². The van der Waals surface area contributed by atoms with Crippen LogP contribution in [0.25, 0.3) is 17.3 Å². The first-order chi connectivity index (χ1) is 13.5. The molecule has 0 saturated carbocycles. The number of rotatable bonds is 5. The van der Waals surface area contributed by atoms with Gasteiger partial charge < -0.3 is 9.30 Å². The Bertz CT molecular complexity index is 1070. The van der Waals surface area contributed by atoms with Crippen LogP contribution in [-0.2, 0) is 4.74 Å². The molecule has 0 aliphatic heterocycles. The Morgan fingerprint density at radius 3 is 2.46 bits per heavy atom. The van der Waals surface area contributed by atoms with E-state index in [9.17, 15) is 10.1 Å². The maximum Gasteiger partial charge on any atom is 0.338 e. The first-order valence-corrected chi connectivity index (χ1v) is 9.19. The molecular weight excluding hydrogens is 348 g/mol. The molecule has 4 heteroatoms. The quantitative estimate of drug-likeness (QED) is 0.450. The molecule has 0 bridgehead atoms. The Morgan fingerprint density at radius 2 is 1.79 bits per heavy atom. The Kier molecular flexibility index (Phi) is 5.76. The van der Waals surface area contributed by atoms with E-state index in [0.717, 1.165) is 28.2 Å². The third-order valence-electron chi connectivity index (χ3n) is 4.59. The normalized spacial score (nSPS) is 11.1. The van der Waals surface area contributed by atoms with Crippen LogP contribution in [0.5, 0.6) is 0 Å². The maximum atomic E-state index is 12.1. The first-order valence-electron chi connectivity index (χ1n) is 9.19. The topological polar surface area (TPSA) is 55.0 Å². The van der Waals surface area contributed by atoms with Gasteiger partial charge in [0.15, 0.2) is 0 Å². The second-order valence-corrected chi connectivity index (χ2v) is 6.47. The zero-order valence-corrected chi connectivity index (χ0v) is 16.3. The molecule has 0 fully saturated rings. The number of carbonyl (C=O) groups excluding carboxylic acids is 1. The molecule has 28 heavy (non-hydrogen) atoms. The number of ether oxygens (including phenoxy) is 1. The third-order valence-corrected chi connectivity index (χ3v) is 4.59. The van der Waals surface area contributed by atoms with Gasteiger partial charge in [-0.15, -0.1) is 0 Å². The molecule has 0 radical (unpaired) electrons. The van der Waals surface area contributed by atoms with Gasteiger partial charge in [0, 0.05) is 17.1 Å². The lowest BCUT2D eigenvalue weighted by atomic mass is 10.0. The summed E-state index contributed by atoms with van der Waals surface area (Å²) in [4.78, 5) is 12.1. The van der Waals surface area contributed by atoms with E-state index < -0.39 is 0 Å². The Hall–Kier alpha value is -3.58. The molecule has 0 saturated heterocycles. The smallest absolute Gasteiger partial charge is 0.338 e. The lowest BCUT2D eigenvalue weighted by Gasteiger charge is -2.11. The van der Waals surface area contributed by atoms with E-state index in [2.05, 4.69) is 10.6 Å². The summed E-state index contributed by atoms with van der Waals surface area (Å²) in [5.74, 6) is -0.331. The molecule has 0 amide bonds. The number of benzene rings is 2. The Balaban J connectivity index is 2.04. The minimum absolute atomic E-state index is 0.331. The van der Waals surface area contributed by atoms with Gasteiger partial charge in [-0.25, -0.2) is 4.79 Å². The molecule has 0 aliphatic rings. The SMILES string of the molecule is CCOC(=O)c1cccc(-n2c(C)cc(/C=C(\C#N)c3ccccc3)c2C)c1. The number of esters is 1. The van der Waals surface area contributed by atoms with E-state index in [1.54, 1.807) is 13.0 Å². The van der Waals surface area contributed by atoms with Crippen LogP contribution in [0.2, 0.25) is 0 Å². The molecule has 0 atom stereocenters. The van der Waals surface area contributed by atoms with E-state index in [4.69, 9.17) is 4.74 Å². The summed E-state index contributed by atoms with van der Waals surface area (Å²) < 4.78 is 7.18. The number of aryl methyl sites for hydroxylation is 1. The molecule has 0 aliphatic carbocycles. The van der Waals surface area contributed by atoms with Crippen molar-refractivity contribution in [2.75, 3.05) is 6.61 Å². The van der Waals surface area contributed by atoms with Gasteiger partial charge >= 0.3 is 5.97 Å². The molecule has 0 unspecified atom stereocenters. The molecule has 140 valence electrons. The van der Waals surface area contributed by atoms with Crippen LogP contribution < -0.4 is 0 Å². The van der Waals surface area contributed by atoms with Gasteiger partial charge in [0.2, 0.25) is 0 Å². The molecule has 3 aromatic rings. The van der Waals surface area contributed by atoms with E-state index in [-0.39, 0.29) is 5.97 Å². The minimum Gasteiger partial charge on any atom is -0.462 e. The van der Waals surface area contributed by atoms with Crippen molar-refractivity contribution in [1.29, 1.82) is 5.26 Å². The summed E-state index contributed by atoms with van der Waals surface area (Å²) in [6.45, 7) is 6.15. The van der Waals surface area contributed by atoms with Crippen molar-refractivity contribution in [3.05, 3.63) is 88.7 Å². The summed E-state index contributed by atoms with van der Waals surface area (Å²) in [7, 11) is 0. The zero-order valence-electron chi connectivity index (χ0n) is 16.3. The molecule has 4 nitrogen and oxygen atoms in total. The third kappa shape index (κ3) is 3.89. The van der Waals surface area contributed by atoms with Crippen LogP contribution >= 0.6 is 0 Å². The van der Waals surface area contributed by atoms with Gasteiger partial charge in [-0.3, -0.25) is 0 Å². The molecule has 1 heterocycles. The Morgan fingerprint density at radius 1 is 1.07 bits per heavy atom. The van der Waals surface area contributed by atoms with E-state index in [1.165, 1.54) is 0 Å². The number of allylic oxidation sites excluding steroid dienone is 1. The van der Waals surface area contributed by atoms with E-state index in [1.807, 2.05) is 74.5 Å². The van der Waals surface area contributed by atoms with Gasteiger partial charge in [-0.2, -0.15) is 5.26 Å². The van der Waals surface area contributed by atoms with Crippen LogP contribution in [0.1, 0.15) is 39.8 Å². The highest BCUT2D eigenvalue weighted by Crippen LogP contribution is 2.26. The molecule has 2 aromatic carbocycles. The summed E-state index contributed by atoms with van der Waals surface area (Å²) >= 11 is 0. The summed E-state index contributed by atoms with van der Waals surface area (Å²) in [5.41, 5.74) is 5.90. The van der Waals surface area contributed by atoms with E-state index >= 15 is 0 Å². The molecule has 3 rings (SSSR count). The van der Waals surface area contributed by atoms with Crippen molar-refractivity contribution in [3.63, 3.8) is 0 Å². The van der Waals surface area contributed by atoms with E-state index in [0.29, 0.717) is 17.7 Å². The standard InChI is InChI=1S/C24H22N2O2/c1-4-28-24(27)20-11-8-12-23(15-20)26-17(2)13-21(18(26)3)14-22(16-25)19-9-6-5-7-10-19/h5-15H,4H2,1-3H3/b22-14+. The average Bonchev–Trinajstić information content (AvgIpc) is 3.00. The van der Waals surface area contributed by atoms with Crippen molar-refractivity contribution in [1.82, 2.24) is 4.57 Å². The number of carbonyl (C=O) groups is 1. The highest BCUT2D eigenvalue weighted by atomic mass is 16.5. The second kappa shape index (κ2) is 8.41. The zero-order chi connectivity index (χ0) is 20.1. The number of hydrogen-bond donors (Lipinski definition) is 0. The van der Waals surface area contributed by atoms with Gasteiger partial charge in [0.25, 0.3) is 0 Å². The lowest BCUT2D eigenvalue weighted by Crippen LogP contribution is -2.06. The summed E-state index contributed by atoms with van der Waals surface area (Å²) in [6, 6.07) is 21.4. The summed E-state index contributed by atoms with van der Waals surface area (Å²) in [6.07, 6.45) is 1.91. The van der Waals surface area contributed by atoms with Gasteiger partial charge in [-0.05, 0) is 62.2 Å². The predicted molar refractivity (Wildman–Crippen MR) is 111 cm³/mol. The predicted octanol–water partition coefficient (Wildman–Crippen LogP) is 5.34. The van der Waals surface area contributed by atoms with Crippen LogP contribution in [0.4, 0.5) is 0 Å². The number of hydrogen-bond acceptors (Lipinski definition) is 3. The van der Waals surface area contributed by atoms with Gasteiger partial charge in [0.1, 0.15) is 0 Å².